The molecule has 1 atom stereocenters. The number of aryl methyl sites for hydroxylation is 2. The van der Waals surface area contributed by atoms with Gasteiger partial charge in [-0.25, -0.2) is 8.42 Å². The Kier molecular flexibility index (Phi) is 12.0. The number of hydrogen-bond acceptors (Lipinski definition) is 6. The molecule has 3 aromatic rings. The third kappa shape index (κ3) is 8.50. The standard InChI is InChI=1S/C33H43N3O6S/c1-7-9-19-34-33(38)29(8-2)35(22-26-12-10-11-25(4)20-26)32(37)23-36(30-21-27(41-5)15-18-31(30)42-6)43(39,40)28-16-13-24(3)14-17-28/h10-18,20-21,29H,7-9,19,22-23H2,1-6H3,(H,34,38)/t29-/m1/s1. The molecule has 3 rings (SSSR count). The van der Waals surface area contributed by atoms with Crippen LogP contribution in [0.25, 0.3) is 0 Å². The Morgan fingerprint density at radius 2 is 1.63 bits per heavy atom. The number of nitrogens with one attached hydrogen (secondary N) is 1. The summed E-state index contributed by atoms with van der Waals surface area (Å²) in [6.45, 7) is 7.75. The average Bonchev–Trinajstić information content (AvgIpc) is 2.99. The van der Waals surface area contributed by atoms with Crippen LogP contribution in [0.2, 0.25) is 0 Å². The summed E-state index contributed by atoms with van der Waals surface area (Å²) in [7, 11) is -1.35. The fourth-order valence-corrected chi connectivity index (χ4v) is 6.19. The van der Waals surface area contributed by atoms with Gasteiger partial charge in [-0.1, -0.05) is 67.8 Å². The lowest BCUT2D eigenvalue weighted by molar-refractivity contribution is -0.140. The highest BCUT2D eigenvalue weighted by Crippen LogP contribution is 2.36. The van der Waals surface area contributed by atoms with Crippen molar-refractivity contribution in [3.63, 3.8) is 0 Å². The summed E-state index contributed by atoms with van der Waals surface area (Å²) in [4.78, 5) is 29.2. The third-order valence-electron chi connectivity index (χ3n) is 7.19. The molecular weight excluding hydrogens is 566 g/mol. The van der Waals surface area contributed by atoms with E-state index in [1.807, 2.05) is 52.0 Å². The van der Waals surface area contributed by atoms with Crippen molar-refractivity contribution in [1.82, 2.24) is 10.2 Å². The van der Waals surface area contributed by atoms with Crippen LogP contribution in [0, 0.1) is 13.8 Å². The number of hydrogen-bond donors (Lipinski definition) is 1. The summed E-state index contributed by atoms with van der Waals surface area (Å²) in [6.07, 6.45) is 2.08. The summed E-state index contributed by atoms with van der Waals surface area (Å²) in [5.41, 5.74) is 2.88. The zero-order chi connectivity index (χ0) is 31.6. The van der Waals surface area contributed by atoms with Crippen LogP contribution in [0.4, 0.5) is 5.69 Å². The highest BCUT2D eigenvalue weighted by Gasteiger charge is 2.35. The van der Waals surface area contributed by atoms with Gasteiger partial charge in [0.15, 0.2) is 0 Å². The lowest BCUT2D eigenvalue weighted by Gasteiger charge is -2.33. The number of carbonyl (C=O) groups excluding carboxylic acids is 2. The number of anilines is 1. The molecule has 0 bridgehead atoms. The molecule has 0 spiro atoms. The van der Waals surface area contributed by atoms with E-state index in [1.165, 1.54) is 37.3 Å². The van der Waals surface area contributed by atoms with Crippen molar-refractivity contribution < 1.29 is 27.5 Å². The lowest BCUT2D eigenvalue weighted by atomic mass is 10.1. The van der Waals surface area contributed by atoms with E-state index in [1.54, 1.807) is 24.3 Å². The number of nitrogens with zero attached hydrogens (tertiary/aromatic N) is 2. The van der Waals surface area contributed by atoms with E-state index in [4.69, 9.17) is 9.47 Å². The van der Waals surface area contributed by atoms with Gasteiger partial charge in [0.2, 0.25) is 11.8 Å². The topological polar surface area (TPSA) is 105 Å². The van der Waals surface area contributed by atoms with Crippen LogP contribution < -0.4 is 19.1 Å². The van der Waals surface area contributed by atoms with E-state index >= 15 is 0 Å². The summed E-state index contributed by atoms with van der Waals surface area (Å²) >= 11 is 0. The zero-order valence-corrected chi connectivity index (χ0v) is 26.7. The van der Waals surface area contributed by atoms with Gasteiger partial charge in [-0.2, -0.15) is 0 Å². The molecule has 0 unspecified atom stereocenters. The molecule has 3 aromatic carbocycles. The monoisotopic (exact) mass is 609 g/mol. The Morgan fingerprint density at radius 1 is 0.907 bits per heavy atom. The van der Waals surface area contributed by atoms with Crippen LogP contribution in [-0.2, 0) is 26.2 Å². The van der Waals surface area contributed by atoms with Gasteiger partial charge in [0.1, 0.15) is 24.1 Å². The first-order chi connectivity index (χ1) is 20.5. The maximum absolute atomic E-state index is 14.3. The van der Waals surface area contributed by atoms with E-state index < -0.39 is 28.5 Å². The summed E-state index contributed by atoms with van der Waals surface area (Å²) in [6, 6.07) is 18.1. The number of methoxy groups -OCH3 is 2. The number of amides is 2. The van der Waals surface area contributed by atoms with Crippen LogP contribution in [-0.4, -0.2) is 58.5 Å². The molecule has 0 aliphatic carbocycles. The Labute approximate surface area is 255 Å². The van der Waals surface area contributed by atoms with Crippen LogP contribution in [0.1, 0.15) is 49.8 Å². The highest BCUT2D eigenvalue weighted by atomic mass is 32.2. The van der Waals surface area contributed by atoms with Gasteiger partial charge in [-0.05, 0) is 56.5 Å². The molecule has 0 radical (unpaired) electrons. The van der Waals surface area contributed by atoms with Crippen molar-refractivity contribution >= 4 is 27.5 Å². The third-order valence-corrected chi connectivity index (χ3v) is 8.97. The first kappa shape index (κ1) is 33.5. The highest BCUT2D eigenvalue weighted by molar-refractivity contribution is 7.92. The second kappa shape index (κ2) is 15.4. The SMILES string of the molecule is CCCCNC(=O)[C@@H](CC)N(Cc1cccc(C)c1)C(=O)CN(c1cc(OC)ccc1OC)S(=O)(=O)c1ccc(C)cc1. The molecule has 0 aliphatic rings. The van der Waals surface area contributed by atoms with Crippen LogP contribution in [0.15, 0.2) is 71.6 Å². The normalized spacial score (nSPS) is 11.9. The molecule has 9 nitrogen and oxygen atoms in total. The molecule has 0 saturated carbocycles. The van der Waals surface area contributed by atoms with E-state index in [0.717, 1.165) is 33.8 Å². The molecular formula is C33H43N3O6S. The Morgan fingerprint density at radius 3 is 2.23 bits per heavy atom. The van der Waals surface area contributed by atoms with Crippen molar-refractivity contribution in [2.24, 2.45) is 0 Å². The number of ether oxygens (including phenoxy) is 2. The first-order valence-electron chi connectivity index (χ1n) is 14.5. The van der Waals surface area contributed by atoms with Gasteiger partial charge < -0.3 is 19.7 Å². The lowest BCUT2D eigenvalue weighted by Crippen LogP contribution is -2.52. The van der Waals surface area contributed by atoms with Gasteiger partial charge in [-0.15, -0.1) is 0 Å². The van der Waals surface area contributed by atoms with E-state index in [2.05, 4.69) is 5.32 Å². The summed E-state index contributed by atoms with van der Waals surface area (Å²) < 4.78 is 40.4. The minimum Gasteiger partial charge on any atom is -0.497 e. The molecule has 2 amide bonds. The molecule has 43 heavy (non-hydrogen) atoms. The number of sulfonamides is 1. The van der Waals surface area contributed by atoms with Crippen LogP contribution in [0.3, 0.4) is 0 Å². The largest absolute Gasteiger partial charge is 0.497 e. The van der Waals surface area contributed by atoms with Crippen LogP contribution >= 0.6 is 0 Å². The maximum atomic E-state index is 14.3. The van der Waals surface area contributed by atoms with Gasteiger partial charge in [0.05, 0.1) is 24.8 Å². The second-order valence-corrected chi connectivity index (χ2v) is 12.3. The van der Waals surface area contributed by atoms with E-state index in [9.17, 15) is 18.0 Å². The molecule has 0 fully saturated rings. The van der Waals surface area contributed by atoms with Crippen molar-refractivity contribution in [3.05, 3.63) is 83.4 Å². The average molecular weight is 610 g/mol. The summed E-state index contributed by atoms with van der Waals surface area (Å²) in [5.74, 6) is -0.159. The van der Waals surface area contributed by atoms with Crippen molar-refractivity contribution in [1.29, 1.82) is 0 Å². The molecule has 0 heterocycles. The smallest absolute Gasteiger partial charge is 0.264 e. The van der Waals surface area contributed by atoms with E-state index in [0.29, 0.717) is 18.7 Å². The quantitative estimate of drug-likeness (QED) is 0.236. The Hall–Kier alpha value is -4.05. The van der Waals surface area contributed by atoms with E-state index in [-0.39, 0.29) is 28.8 Å². The first-order valence-corrected chi connectivity index (χ1v) is 15.9. The predicted octanol–water partition coefficient (Wildman–Crippen LogP) is 5.24. The van der Waals surface area contributed by atoms with Gasteiger partial charge >= 0.3 is 0 Å². The van der Waals surface area contributed by atoms with Gasteiger partial charge in [0.25, 0.3) is 10.0 Å². The number of unbranched alkanes of at least 4 members (excludes halogenated alkanes) is 1. The number of benzene rings is 3. The molecule has 0 aliphatic heterocycles. The Balaban J connectivity index is 2.13. The fourth-order valence-electron chi connectivity index (χ4n) is 4.78. The second-order valence-electron chi connectivity index (χ2n) is 10.4. The minimum atomic E-state index is -4.26. The van der Waals surface area contributed by atoms with Crippen LogP contribution in [0.5, 0.6) is 11.5 Å². The Bertz CT molecular complexity index is 1490. The predicted molar refractivity (Wildman–Crippen MR) is 169 cm³/mol. The van der Waals surface area contributed by atoms with Crippen molar-refractivity contribution in [2.45, 2.75) is 64.4 Å². The number of rotatable bonds is 15. The van der Waals surface area contributed by atoms with Gasteiger partial charge in [-0.3, -0.25) is 13.9 Å². The number of carbonyl (C=O) groups is 2. The molecule has 1 N–H and O–H groups in total. The van der Waals surface area contributed by atoms with Crippen molar-refractivity contribution in [3.8, 4) is 11.5 Å². The maximum Gasteiger partial charge on any atom is 0.264 e. The summed E-state index contributed by atoms with van der Waals surface area (Å²) in [5, 5.41) is 2.95. The minimum absolute atomic E-state index is 0.0188. The van der Waals surface area contributed by atoms with Gasteiger partial charge in [0, 0.05) is 19.2 Å². The molecule has 232 valence electrons. The molecule has 0 aromatic heterocycles. The molecule has 10 heteroatoms. The fraction of sp³-hybridized carbons (Fsp3) is 0.394. The molecule has 0 saturated heterocycles. The van der Waals surface area contributed by atoms with Crippen molar-refractivity contribution in [2.75, 3.05) is 31.6 Å². The zero-order valence-electron chi connectivity index (χ0n) is 25.9.